The van der Waals surface area contributed by atoms with Crippen LogP contribution in [0.15, 0.2) is 48.0 Å². The van der Waals surface area contributed by atoms with Crippen LogP contribution >= 0.6 is 11.3 Å². The van der Waals surface area contributed by atoms with Crippen molar-refractivity contribution >= 4 is 22.2 Å². The zero-order chi connectivity index (χ0) is 16.1. The van der Waals surface area contributed by atoms with E-state index in [9.17, 15) is 5.11 Å². The highest BCUT2D eigenvalue weighted by Gasteiger charge is 2.13. The highest BCUT2D eigenvalue weighted by molar-refractivity contribution is 7.09. The first kappa shape index (κ1) is 16.1. The number of aromatic amines is 1. The molecule has 3 aromatic rings. The maximum Gasteiger partial charge on any atom is 0.128 e. The van der Waals surface area contributed by atoms with Gasteiger partial charge in [0.15, 0.2) is 0 Å². The molecule has 0 aliphatic rings. The first-order chi connectivity index (χ1) is 11.3. The molecule has 122 valence electrons. The van der Waals surface area contributed by atoms with E-state index in [1.807, 2.05) is 30.5 Å². The third-order valence-corrected chi connectivity index (χ3v) is 4.72. The molecular weight excluding hydrogens is 308 g/mol. The molecule has 0 spiro atoms. The molecule has 0 saturated carbocycles. The molecule has 5 heteroatoms. The van der Waals surface area contributed by atoms with E-state index >= 15 is 0 Å². The number of rotatable bonds is 8. The van der Waals surface area contributed by atoms with Crippen LogP contribution in [0.25, 0.3) is 10.9 Å². The van der Waals surface area contributed by atoms with Gasteiger partial charge in [0.25, 0.3) is 0 Å². The topological polar surface area (TPSA) is 48.5 Å². The average Bonchev–Trinajstić information content (AvgIpc) is 3.23. The Bertz CT molecular complexity index is 724. The van der Waals surface area contributed by atoms with Gasteiger partial charge in [0.1, 0.15) is 18.5 Å². The second-order valence-electron chi connectivity index (χ2n) is 5.57. The maximum absolute atomic E-state index is 10.3. The fourth-order valence-electron chi connectivity index (χ4n) is 2.65. The molecule has 1 unspecified atom stereocenters. The lowest BCUT2D eigenvalue weighted by molar-refractivity contribution is 0.0683. The average molecular weight is 330 g/mol. The summed E-state index contributed by atoms with van der Waals surface area (Å²) in [6, 6.07) is 12.1. The molecule has 1 atom stereocenters. The highest BCUT2D eigenvalue weighted by atomic mass is 32.1. The number of aliphatic hydroxyl groups is 1. The molecule has 0 saturated heterocycles. The number of thiophene rings is 1. The van der Waals surface area contributed by atoms with Crippen LogP contribution in [0.5, 0.6) is 5.75 Å². The van der Waals surface area contributed by atoms with Crippen molar-refractivity contribution in [2.24, 2.45) is 0 Å². The molecule has 0 amide bonds. The summed E-state index contributed by atoms with van der Waals surface area (Å²) >= 11 is 1.75. The molecule has 0 bridgehead atoms. The smallest absolute Gasteiger partial charge is 0.128 e. The van der Waals surface area contributed by atoms with Crippen molar-refractivity contribution in [1.82, 2.24) is 9.88 Å². The van der Waals surface area contributed by atoms with Gasteiger partial charge in [-0.15, -0.1) is 11.3 Å². The first-order valence-electron chi connectivity index (χ1n) is 7.88. The standard InChI is InChI=1S/C18H22N2O2S/c1-2-20(12-15-5-4-10-23-15)11-14(21)13-22-18-7-3-6-17-16(18)8-9-19-17/h3-10,14,19,21H,2,11-13H2,1H3. The molecule has 2 N–H and O–H groups in total. The number of benzene rings is 1. The number of hydrogen-bond donors (Lipinski definition) is 2. The van der Waals surface area contributed by atoms with Gasteiger partial charge >= 0.3 is 0 Å². The molecule has 2 heterocycles. The summed E-state index contributed by atoms with van der Waals surface area (Å²) < 4.78 is 5.83. The molecular formula is C18H22N2O2S. The summed E-state index contributed by atoms with van der Waals surface area (Å²) in [5, 5.41) is 13.4. The van der Waals surface area contributed by atoms with E-state index in [0.29, 0.717) is 13.2 Å². The Kier molecular flexibility index (Phi) is 5.33. The molecule has 0 fully saturated rings. The minimum atomic E-state index is -0.510. The summed E-state index contributed by atoms with van der Waals surface area (Å²) in [5.41, 5.74) is 1.05. The van der Waals surface area contributed by atoms with Crippen LogP contribution in [-0.2, 0) is 6.54 Å². The Morgan fingerprint density at radius 3 is 2.96 bits per heavy atom. The number of H-pyrrole nitrogens is 1. The van der Waals surface area contributed by atoms with E-state index in [-0.39, 0.29) is 0 Å². The van der Waals surface area contributed by atoms with Gasteiger partial charge in [-0.3, -0.25) is 4.90 Å². The number of hydrogen-bond acceptors (Lipinski definition) is 4. The van der Waals surface area contributed by atoms with Gasteiger partial charge in [-0.1, -0.05) is 19.1 Å². The fraction of sp³-hybridized carbons (Fsp3) is 0.333. The minimum absolute atomic E-state index is 0.297. The second kappa shape index (κ2) is 7.64. The van der Waals surface area contributed by atoms with Gasteiger partial charge in [-0.05, 0) is 36.2 Å². The molecule has 0 aliphatic carbocycles. The van der Waals surface area contributed by atoms with Crippen molar-refractivity contribution in [2.45, 2.75) is 19.6 Å². The Labute approximate surface area is 140 Å². The summed E-state index contributed by atoms with van der Waals surface area (Å²) in [7, 11) is 0. The number of nitrogens with zero attached hydrogens (tertiary/aromatic N) is 1. The summed E-state index contributed by atoms with van der Waals surface area (Å²) in [5.74, 6) is 0.809. The van der Waals surface area contributed by atoms with Crippen LogP contribution in [0.4, 0.5) is 0 Å². The van der Waals surface area contributed by atoms with Gasteiger partial charge in [0.2, 0.25) is 0 Å². The minimum Gasteiger partial charge on any atom is -0.490 e. The molecule has 1 aromatic carbocycles. The largest absolute Gasteiger partial charge is 0.490 e. The van der Waals surface area contributed by atoms with Gasteiger partial charge in [0, 0.05) is 35.1 Å². The van der Waals surface area contributed by atoms with Crippen molar-refractivity contribution in [3.8, 4) is 5.75 Å². The van der Waals surface area contributed by atoms with Crippen LogP contribution in [-0.4, -0.2) is 40.8 Å². The normalized spacial score (nSPS) is 12.8. The van der Waals surface area contributed by atoms with E-state index < -0.39 is 6.10 Å². The second-order valence-corrected chi connectivity index (χ2v) is 6.60. The van der Waals surface area contributed by atoms with Gasteiger partial charge in [-0.2, -0.15) is 0 Å². The van der Waals surface area contributed by atoms with Crippen molar-refractivity contribution in [2.75, 3.05) is 19.7 Å². The van der Waals surface area contributed by atoms with E-state index in [1.165, 1.54) is 4.88 Å². The number of aromatic nitrogens is 1. The predicted octanol–water partition coefficient (Wildman–Crippen LogP) is 3.49. The van der Waals surface area contributed by atoms with Crippen LogP contribution in [0, 0.1) is 0 Å². The molecule has 3 rings (SSSR count). The number of nitrogens with one attached hydrogen (secondary N) is 1. The zero-order valence-electron chi connectivity index (χ0n) is 13.2. The number of fused-ring (bicyclic) bond motifs is 1. The van der Waals surface area contributed by atoms with Crippen molar-refractivity contribution < 1.29 is 9.84 Å². The third kappa shape index (κ3) is 4.13. The van der Waals surface area contributed by atoms with Gasteiger partial charge < -0.3 is 14.8 Å². The molecule has 0 aliphatic heterocycles. The predicted molar refractivity (Wildman–Crippen MR) is 95.1 cm³/mol. The summed E-state index contributed by atoms with van der Waals surface area (Å²) in [6.07, 6.45) is 1.39. The van der Waals surface area contributed by atoms with Gasteiger partial charge in [0.05, 0.1) is 0 Å². The lowest BCUT2D eigenvalue weighted by Crippen LogP contribution is -2.35. The quantitative estimate of drug-likeness (QED) is 0.665. The Hall–Kier alpha value is -1.82. The van der Waals surface area contributed by atoms with Crippen molar-refractivity contribution in [3.05, 3.63) is 52.9 Å². The monoisotopic (exact) mass is 330 g/mol. The van der Waals surface area contributed by atoms with E-state index in [1.54, 1.807) is 11.3 Å². The van der Waals surface area contributed by atoms with E-state index in [0.717, 1.165) is 29.7 Å². The highest BCUT2D eigenvalue weighted by Crippen LogP contribution is 2.24. The van der Waals surface area contributed by atoms with Crippen molar-refractivity contribution in [1.29, 1.82) is 0 Å². The fourth-order valence-corrected chi connectivity index (χ4v) is 3.39. The van der Waals surface area contributed by atoms with E-state index in [4.69, 9.17) is 4.74 Å². The van der Waals surface area contributed by atoms with E-state index in [2.05, 4.69) is 34.3 Å². The molecule has 23 heavy (non-hydrogen) atoms. The van der Waals surface area contributed by atoms with Crippen LogP contribution in [0.3, 0.4) is 0 Å². The van der Waals surface area contributed by atoms with Crippen molar-refractivity contribution in [3.63, 3.8) is 0 Å². The number of likely N-dealkylation sites (N-methyl/N-ethyl adjacent to an activating group) is 1. The maximum atomic E-state index is 10.3. The molecule has 0 radical (unpaired) electrons. The van der Waals surface area contributed by atoms with Gasteiger partial charge in [-0.25, -0.2) is 0 Å². The Morgan fingerprint density at radius 2 is 2.17 bits per heavy atom. The summed E-state index contributed by atoms with van der Waals surface area (Å²) in [6.45, 7) is 4.80. The SMILES string of the molecule is CCN(Cc1cccs1)CC(O)COc1cccc2[nH]ccc12. The Morgan fingerprint density at radius 1 is 1.26 bits per heavy atom. The zero-order valence-corrected chi connectivity index (χ0v) is 14.1. The van der Waals surface area contributed by atoms with Crippen LogP contribution in [0.2, 0.25) is 0 Å². The Balaban J connectivity index is 1.54. The number of ether oxygens (including phenoxy) is 1. The third-order valence-electron chi connectivity index (χ3n) is 3.86. The first-order valence-corrected chi connectivity index (χ1v) is 8.76. The lowest BCUT2D eigenvalue weighted by Gasteiger charge is -2.23. The molecule has 4 nitrogen and oxygen atoms in total. The molecule has 2 aromatic heterocycles. The van der Waals surface area contributed by atoms with Crippen LogP contribution < -0.4 is 4.74 Å². The lowest BCUT2D eigenvalue weighted by atomic mass is 10.2. The summed E-state index contributed by atoms with van der Waals surface area (Å²) in [4.78, 5) is 6.71. The number of aliphatic hydroxyl groups excluding tert-OH is 1. The van der Waals surface area contributed by atoms with Crippen LogP contribution in [0.1, 0.15) is 11.8 Å².